The van der Waals surface area contributed by atoms with Crippen molar-refractivity contribution in [1.29, 1.82) is 0 Å². The van der Waals surface area contributed by atoms with E-state index in [1.807, 2.05) is 30.3 Å². The van der Waals surface area contributed by atoms with Gasteiger partial charge in [-0.3, -0.25) is 4.79 Å². The van der Waals surface area contributed by atoms with E-state index in [9.17, 15) is 9.59 Å². The van der Waals surface area contributed by atoms with Gasteiger partial charge in [-0.05, 0) is 12.5 Å². The monoisotopic (exact) mass is 253 g/mol. The van der Waals surface area contributed by atoms with E-state index in [0.29, 0.717) is 0 Å². The van der Waals surface area contributed by atoms with E-state index in [1.54, 1.807) is 6.92 Å². The lowest BCUT2D eigenvalue weighted by molar-refractivity contribution is -0.126. The van der Waals surface area contributed by atoms with Gasteiger partial charge in [-0.25, -0.2) is 9.69 Å². The predicted molar refractivity (Wildman–Crippen MR) is 62.7 cm³/mol. The summed E-state index contributed by atoms with van der Waals surface area (Å²) < 4.78 is 5.20. The van der Waals surface area contributed by atoms with Crippen molar-refractivity contribution in [2.75, 3.05) is 5.88 Å². The fourth-order valence-corrected chi connectivity index (χ4v) is 2.08. The highest BCUT2D eigenvalue weighted by atomic mass is 35.5. The Morgan fingerprint density at radius 3 is 2.65 bits per heavy atom. The van der Waals surface area contributed by atoms with Crippen LogP contribution in [0, 0.1) is 0 Å². The van der Waals surface area contributed by atoms with E-state index in [1.165, 1.54) is 0 Å². The number of carbonyl (C=O) groups excluding carboxylic acids is 2. The topological polar surface area (TPSA) is 46.6 Å². The standard InChI is InChI=1S/C12H12ClNO3/c1-8-11(9-5-3-2-4-6-9)17-12(16)14(8)10(15)7-13/h2-6,8,11H,7H2,1H3/t8-,11-/m1/s1. The van der Waals surface area contributed by atoms with Crippen LogP contribution in [0.25, 0.3) is 0 Å². The third-order valence-electron chi connectivity index (χ3n) is 2.78. The second-order valence-electron chi connectivity index (χ2n) is 3.85. The van der Waals surface area contributed by atoms with E-state index in [2.05, 4.69) is 0 Å². The minimum absolute atomic E-state index is 0.221. The summed E-state index contributed by atoms with van der Waals surface area (Å²) in [6.07, 6.45) is -1.05. The van der Waals surface area contributed by atoms with Crippen LogP contribution >= 0.6 is 11.6 Å². The molecule has 1 aromatic carbocycles. The molecule has 0 N–H and O–H groups in total. The molecule has 0 aromatic heterocycles. The maximum atomic E-state index is 11.6. The number of hydrogen-bond acceptors (Lipinski definition) is 3. The molecule has 17 heavy (non-hydrogen) atoms. The Morgan fingerprint density at radius 1 is 1.41 bits per heavy atom. The molecule has 1 aliphatic rings. The summed E-state index contributed by atoms with van der Waals surface area (Å²) >= 11 is 5.46. The molecule has 0 radical (unpaired) electrons. The average molecular weight is 254 g/mol. The molecule has 1 heterocycles. The number of carbonyl (C=O) groups is 2. The van der Waals surface area contributed by atoms with Crippen molar-refractivity contribution in [3.05, 3.63) is 35.9 Å². The summed E-state index contributed by atoms with van der Waals surface area (Å²) in [7, 11) is 0. The number of amides is 2. The van der Waals surface area contributed by atoms with Crippen LogP contribution in [0.5, 0.6) is 0 Å². The Balaban J connectivity index is 2.24. The van der Waals surface area contributed by atoms with Crippen LogP contribution in [0.1, 0.15) is 18.6 Å². The second kappa shape index (κ2) is 4.75. The van der Waals surface area contributed by atoms with Crippen molar-refractivity contribution in [3.63, 3.8) is 0 Å². The van der Waals surface area contributed by atoms with Crippen molar-refractivity contribution in [3.8, 4) is 0 Å². The van der Waals surface area contributed by atoms with Crippen molar-refractivity contribution in [1.82, 2.24) is 4.90 Å². The Hall–Kier alpha value is -1.55. The number of rotatable bonds is 2. The van der Waals surface area contributed by atoms with E-state index < -0.39 is 18.1 Å². The molecule has 2 rings (SSSR count). The third kappa shape index (κ3) is 2.13. The van der Waals surface area contributed by atoms with Crippen molar-refractivity contribution in [2.45, 2.75) is 19.1 Å². The van der Waals surface area contributed by atoms with Gasteiger partial charge in [0.05, 0.1) is 6.04 Å². The van der Waals surface area contributed by atoms with Crippen LogP contribution in [0.2, 0.25) is 0 Å². The highest BCUT2D eigenvalue weighted by Gasteiger charge is 2.42. The summed E-state index contributed by atoms with van der Waals surface area (Å²) in [6.45, 7) is 1.77. The lowest BCUT2D eigenvalue weighted by Gasteiger charge is -2.18. The molecule has 1 saturated heterocycles. The summed E-state index contributed by atoms with van der Waals surface area (Å²) in [5.74, 6) is -0.649. The number of cyclic esters (lactones) is 1. The smallest absolute Gasteiger partial charge is 0.417 e. The first kappa shape index (κ1) is 11.9. The summed E-state index contributed by atoms with van der Waals surface area (Å²) in [6, 6.07) is 9.00. The Morgan fingerprint density at radius 2 is 2.06 bits per heavy atom. The van der Waals surface area contributed by atoms with Crippen LogP contribution in [0.4, 0.5) is 4.79 Å². The van der Waals surface area contributed by atoms with E-state index in [4.69, 9.17) is 16.3 Å². The third-order valence-corrected chi connectivity index (χ3v) is 3.01. The quantitative estimate of drug-likeness (QED) is 0.760. The summed E-state index contributed by atoms with van der Waals surface area (Å²) in [4.78, 5) is 24.2. The molecule has 0 aliphatic carbocycles. The molecular formula is C12H12ClNO3. The fraction of sp³-hybridized carbons (Fsp3) is 0.333. The zero-order chi connectivity index (χ0) is 12.4. The summed E-state index contributed by atoms with van der Waals surface area (Å²) in [5, 5.41) is 0. The van der Waals surface area contributed by atoms with Crippen LogP contribution in [0.15, 0.2) is 30.3 Å². The lowest BCUT2D eigenvalue weighted by atomic mass is 10.0. The Kier molecular flexibility index (Phi) is 3.33. The van der Waals surface area contributed by atoms with Gasteiger partial charge in [-0.1, -0.05) is 30.3 Å². The molecule has 0 spiro atoms. The molecule has 90 valence electrons. The van der Waals surface area contributed by atoms with E-state index in [0.717, 1.165) is 10.5 Å². The molecule has 0 bridgehead atoms. The number of alkyl halides is 1. The minimum Gasteiger partial charge on any atom is -0.439 e. The first-order valence-electron chi connectivity index (χ1n) is 5.28. The van der Waals surface area contributed by atoms with Gasteiger partial charge in [-0.2, -0.15) is 0 Å². The number of benzene rings is 1. The zero-order valence-corrected chi connectivity index (χ0v) is 10.1. The Labute approximate surface area is 104 Å². The van der Waals surface area contributed by atoms with Gasteiger partial charge in [0, 0.05) is 0 Å². The Bertz CT molecular complexity index is 435. The van der Waals surface area contributed by atoms with Gasteiger partial charge in [0.25, 0.3) is 0 Å². The van der Waals surface area contributed by atoms with E-state index in [-0.39, 0.29) is 11.9 Å². The van der Waals surface area contributed by atoms with Crippen LogP contribution < -0.4 is 0 Å². The first-order chi connectivity index (χ1) is 8.15. The maximum absolute atomic E-state index is 11.6. The number of nitrogens with zero attached hydrogens (tertiary/aromatic N) is 1. The van der Waals surface area contributed by atoms with Crippen molar-refractivity contribution < 1.29 is 14.3 Å². The van der Waals surface area contributed by atoms with Crippen LogP contribution in [0.3, 0.4) is 0 Å². The van der Waals surface area contributed by atoms with E-state index >= 15 is 0 Å². The van der Waals surface area contributed by atoms with Crippen molar-refractivity contribution in [2.24, 2.45) is 0 Å². The zero-order valence-electron chi connectivity index (χ0n) is 9.30. The maximum Gasteiger partial charge on any atom is 0.417 e. The molecule has 1 fully saturated rings. The molecule has 2 atom stereocenters. The molecular weight excluding hydrogens is 242 g/mol. The SMILES string of the molecule is C[C@@H]1[C@H](c2ccccc2)OC(=O)N1C(=O)CCl. The highest BCUT2D eigenvalue weighted by molar-refractivity contribution is 6.28. The molecule has 2 amide bonds. The highest BCUT2D eigenvalue weighted by Crippen LogP contribution is 2.32. The van der Waals surface area contributed by atoms with Gasteiger partial charge >= 0.3 is 6.09 Å². The van der Waals surface area contributed by atoms with Crippen LogP contribution in [-0.4, -0.2) is 28.8 Å². The first-order valence-corrected chi connectivity index (χ1v) is 5.82. The number of ether oxygens (including phenoxy) is 1. The normalized spacial score (nSPS) is 23.6. The van der Waals surface area contributed by atoms with Gasteiger partial charge in [0.1, 0.15) is 12.0 Å². The molecule has 0 unspecified atom stereocenters. The van der Waals surface area contributed by atoms with Gasteiger partial charge in [-0.15, -0.1) is 11.6 Å². The second-order valence-corrected chi connectivity index (χ2v) is 4.12. The van der Waals surface area contributed by atoms with Crippen LogP contribution in [-0.2, 0) is 9.53 Å². The number of hydrogen-bond donors (Lipinski definition) is 0. The largest absolute Gasteiger partial charge is 0.439 e. The van der Waals surface area contributed by atoms with Gasteiger partial charge < -0.3 is 4.74 Å². The fourth-order valence-electron chi connectivity index (χ4n) is 1.95. The van der Waals surface area contributed by atoms with Gasteiger partial charge in [0.2, 0.25) is 5.91 Å². The van der Waals surface area contributed by atoms with Gasteiger partial charge in [0.15, 0.2) is 0 Å². The lowest BCUT2D eigenvalue weighted by Crippen LogP contribution is -2.38. The predicted octanol–water partition coefficient (Wildman–Crippen LogP) is 2.33. The molecule has 0 saturated carbocycles. The molecule has 5 heteroatoms. The molecule has 1 aliphatic heterocycles. The summed E-state index contributed by atoms with van der Waals surface area (Å²) in [5.41, 5.74) is 0.873. The average Bonchev–Trinajstić information content (AvgIpc) is 2.65. The molecule has 1 aromatic rings. The minimum atomic E-state index is -0.628. The van der Waals surface area contributed by atoms with Crippen molar-refractivity contribution >= 4 is 23.6 Å². The molecule has 4 nitrogen and oxygen atoms in total. The number of halogens is 1. The number of imide groups is 1.